The van der Waals surface area contributed by atoms with Gasteiger partial charge in [0.1, 0.15) is 12.4 Å². The lowest BCUT2D eigenvalue weighted by Gasteiger charge is -2.17. The molecule has 0 fully saturated rings. The van der Waals surface area contributed by atoms with E-state index in [-0.39, 0.29) is 19.6 Å². The number of aryl methyl sites for hydroxylation is 1. The maximum absolute atomic E-state index is 12.1. The lowest BCUT2D eigenvalue weighted by Crippen LogP contribution is -2.30. The van der Waals surface area contributed by atoms with E-state index in [1.165, 1.54) is 23.9 Å². The smallest absolute Gasteiger partial charge is 0.328 e. The van der Waals surface area contributed by atoms with Gasteiger partial charge in [-0.1, -0.05) is 18.2 Å². The van der Waals surface area contributed by atoms with Crippen molar-refractivity contribution in [2.24, 2.45) is 0 Å². The Balaban J connectivity index is 1.64. The number of benzene rings is 3. The van der Waals surface area contributed by atoms with Crippen molar-refractivity contribution in [1.29, 1.82) is 5.26 Å². The van der Waals surface area contributed by atoms with E-state index >= 15 is 0 Å². The number of methoxy groups -OCH3 is 1. The Labute approximate surface area is 206 Å². The average Bonchev–Trinajstić information content (AvgIpc) is 2.88. The number of nitrogens with zero attached hydrogens (tertiary/aromatic N) is 2. The van der Waals surface area contributed by atoms with Gasteiger partial charge in [0.15, 0.2) is 11.5 Å². The van der Waals surface area contributed by atoms with E-state index in [1.54, 1.807) is 42.5 Å². The van der Waals surface area contributed by atoms with Crippen LogP contribution in [0.3, 0.4) is 0 Å². The first-order chi connectivity index (χ1) is 17.4. The minimum atomic E-state index is -0.516. The highest BCUT2D eigenvalue weighted by Crippen LogP contribution is 2.37. The summed E-state index contributed by atoms with van der Waals surface area (Å²) in [6.45, 7) is 2.26. The molecule has 0 aliphatic heterocycles. The number of hydrogen-bond acceptors (Lipinski definition) is 7. The van der Waals surface area contributed by atoms with Gasteiger partial charge in [0.05, 0.1) is 31.7 Å². The Morgan fingerprint density at radius 1 is 1.03 bits per heavy atom. The predicted molar refractivity (Wildman–Crippen MR) is 132 cm³/mol. The van der Waals surface area contributed by atoms with Gasteiger partial charge in [0.25, 0.3) is 5.56 Å². The highest BCUT2D eigenvalue weighted by atomic mass is 16.5. The molecule has 0 amide bonds. The van der Waals surface area contributed by atoms with Crippen molar-refractivity contribution in [3.63, 3.8) is 0 Å². The number of nitriles is 1. The highest BCUT2D eigenvalue weighted by Gasteiger charge is 2.16. The lowest BCUT2D eigenvalue weighted by molar-refractivity contribution is -0.139. The quantitative estimate of drug-likeness (QED) is 0.379. The summed E-state index contributed by atoms with van der Waals surface area (Å²) in [5.41, 5.74) is 1.02. The molecule has 0 radical (unpaired) electrons. The minimum absolute atomic E-state index is 0.0433. The molecule has 0 saturated heterocycles. The molecule has 9 heteroatoms. The summed E-state index contributed by atoms with van der Waals surface area (Å²) in [6, 6.07) is 17.6. The molecule has 4 aromatic rings. The van der Waals surface area contributed by atoms with Crippen molar-refractivity contribution in [2.75, 3.05) is 13.7 Å². The first-order valence-electron chi connectivity index (χ1n) is 11.1. The second kappa shape index (κ2) is 10.6. The first-order valence-corrected chi connectivity index (χ1v) is 11.1. The molecule has 0 aliphatic rings. The Morgan fingerprint density at radius 3 is 2.53 bits per heavy atom. The lowest BCUT2D eigenvalue weighted by atomic mass is 9.96. The van der Waals surface area contributed by atoms with Crippen LogP contribution in [-0.2, 0) is 22.5 Å². The van der Waals surface area contributed by atoms with Crippen molar-refractivity contribution in [3.05, 3.63) is 98.3 Å². The van der Waals surface area contributed by atoms with Gasteiger partial charge in [-0.2, -0.15) is 5.26 Å². The SMILES string of the molecule is COC(=O)Cc1cc(Oc2ccccc2OCCn2ccc(=O)[nH]c2=O)c(C)c2cc(C#N)ccc12. The zero-order valence-electron chi connectivity index (χ0n) is 19.7. The molecule has 36 heavy (non-hydrogen) atoms. The van der Waals surface area contributed by atoms with E-state index in [0.29, 0.717) is 28.4 Å². The number of H-pyrrole nitrogens is 1. The van der Waals surface area contributed by atoms with Crippen molar-refractivity contribution >= 4 is 16.7 Å². The number of carbonyl (C=O) groups excluding carboxylic acids is 1. The average molecular weight is 485 g/mol. The number of rotatable bonds is 8. The van der Waals surface area contributed by atoms with Crippen LogP contribution in [0, 0.1) is 18.3 Å². The normalized spacial score (nSPS) is 10.6. The summed E-state index contributed by atoms with van der Waals surface area (Å²) >= 11 is 0. The number of para-hydroxylation sites is 2. The Bertz CT molecular complexity index is 1600. The zero-order valence-corrected chi connectivity index (χ0v) is 19.7. The van der Waals surface area contributed by atoms with Crippen LogP contribution in [0.5, 0.6) is 17.2 Å². The van der Waals surface area contributed by atoms with Gasteiger partial charge in [0.2, 0.25) is 0 Å². The molecule has 1 heterocycles. The summed E-state index contributed by atoms with van der Waals surface area (Å²) < 4.78 is 18.3. The van der Waals surface area contributed by atoms with Crippen LogP contribution in [0.25, 0.3) is 10.8 Å². The van der Waals surface area contributed by atoms with E-state index in [9.17, 15) is 19.6 Å². The van der Waals surface area contributed by atoms with E-state index in [1.807, 2.05) is 13.0 Å². The highest BCUT2D eigenvalue weighted by molar-refractivity contribution is 5.94. The molecule has 0 bridgehead atoms. The number of esters is 1. The molecule has 0 aliphatic carbocycles. The van der Waals surface area contributed by atoms with Crippen LogP contribution >= 0.6 is 0 Å². The summed E-state index contributed by atoms with van der Waals surface area (Å²) in [5.74, 6) is 1.00. The Kier molecular flexibility index (Phi) is 7.16. The summed E-state index contributed by atoms with van der Waals surface area (Å²) in [5, 5.41) is 11.0. The molecule has 9 nitrogen and oxygen atoms in total. The number of aromatic amines is 1. The number of ether oxygens (including phenoxy) is 3. The topological polar surface area (TPSA) is 123 Å². The fraction of sp³-hybridized carbons (Fsp3) is 0.185. The van der Waals surface area contributed by atoms with Crippen LogP contribution in [0.1, 0.15) is 16.7 Å². The number of nitrogens with one attached hydrogen (secondary N) is 1. The van der Waals surface area contributed by atoms with Crippen LogP contribution in [0.15, 0.2) is 70.4 Å². The standard InChI is InChI=1S/C27H23N3O6/c1-17-21-13-18(16-28)7-8-20(21)19(15-26(32)34-2)14-24(17)36-23-6-4-3-5-22(23)35-12-11-30-10-9-25(31)29-27(30)33/h3-10,13-14H,11-12,15H2,1-2H3,(H,29,31,33). The summed E-state index contributed by atoms with van der Waals surface area (Å²) in [7, 11) is 1.33. The third-order valence-electron chi connectivity index (χ3n) is 5.69. The molecule has 0 atom stereocenters. The summed E-state index contributed by atoms with van der Waals surface area (Å²) in [4.78, 5) is 37.4. The van der Waals surface area contributed by atoms with E-state index in [4.69, 9.17) is 14.2 Å². The van der Waals surface area contributed by atoms with Crippen molar-refractivity contribution in [3.8, 4) is 23.3 Å². The molecule has 1 aromatic heterocycles. The zero-order chi connectivity index (χ0) is 25.7. The maximum atomic E-state index is 12.1. The van der Waals surface area contributed by atoms with Gasteiger partial charge in [-0.15, -0.1) is 0 Å². The second-order valence-electron chi connectivity index (χ2n) is 7.98. The number of fused-ring (bicyclic) bond motifs is 1. The first kappa shape index (κ1) is 24.3. The monoisotopic (exact) mass is 485 g/mol. The summed E-state index contributed by atoms with van der Waals surface area (Å²) in [6.07, 6.45) is 1.45. The van der Waals surface area contributed by atoms with E-state index in [2.05, 4.69) is 11.1 Å². The molecular formula is C27H23N3O6. The third-order valence-corrected chi connectivity index (χ3v) is 5.69. The molecule has 1 N–H and O–H groups in total. The maximum Gasteiger partial charge on any atom is 0.328 e. The fourth-order valence-corrected chi connectivity index (χ4v) is 3.81. The van der Waals surface area contributed by atoms with Gasteiger partial charge in [-0.3, -0.25) is 19.1 Å². The molecule has 0 saturated carbocycles. The van der Waals surface area contributed by atoms with Gasteiger partial charge in [-0.05, 0) is 59.2 Å². The van der Waals surface area contributed by atoms with Crippen LogP contribution in [0.2, 0.25) is 0 Å². The van der Waals surface area contributed by atoms with E-state index < -0.39 is 17.2 Å². The van der Waals surface area contributed by atoms with Crippen molar-refractivity contribution < 1.29 is 19.0 Å². The van der Waals surface area contributed by atoms with Crippen LogP contribution in [0.4, 0.5) is 0 Å². The molecule has 3 aromatic carbocycles. The van der Waals surface area contributed by atoms with Crippen molar-refractivity contribution in [2.45, 2.75) is 19.9 Å². The number of carbonyl (C=O) groups is 1. The van der Waals surface area contributed by atoms with Gasteiger partial charge >= 0.3 is 11.7 Å². The Morgan fingerprint density at radius 2 is 1.81 bits per heavy atom. The van der Waals surface area contributed by atoms with Crippen LogP contribution in [-0.4, -0.2) is 29.2 Å². The number of aromatic nitrogens is 2. The Hall–Kier alpha value is -4.84. The van der Waals surface area contributed by atoms with E-state index in [0.717, 1.165) is 16.3 Å². The van der Waals surface area contributed by atoms with Gasteiger partial charge in [-0.25, -0.2) is 4.79 Å². The third kappa shape index (κ3) is 5.28. The molecular weight excluding hydrogens is 462 g/mol. The van der Waals surface area contributed by atoms with Gasteiger partial charge < -0.3 is 14.2 Å². The number of hydrogen-bond donors (Lipinski definition) is 1. The van der Waals surface area contributed by atoms with Crippen LogP contribution < -0.4 is 20.7 Å². The predicted octanol–water partition coefficient (Wildman–Crippen LogP) is 3.46. The van der Waals surface area contributed by atoms with Crippen molar-refractivity contribution in [1.82, 2.24) is 9.55 Å². The molecule has 0 unspecified atom stereocenters. The van der Waals surface area contributed by atoms with Gasteiger partial charge in [0, 0.05) is 12.3 Å². The molecule has 0 spiro atoms. The minimum Gasteiger partial charge on any atom is -0.488 e. The largest absolute Gasteiger partial charge is 0.488 e. The second-order valence-corrected chi connectivity index (χ2v) is 7.98. The molecule has 4 rings (SSSR count). The molecule has 182 valence electrons. The fourth-order valence-electron chi connectivity index (χ4n) is 3.81.